The van der Waals surface area contributed by atoms with Crippen LogP contribution in [0.1, 0.15) is 37.9 Å². The number of hydrogen-bond acceptors (Lipinski definition) is 1. The third kappa shape index (κ3) is 3.08. The zero-order chi connectivity index (χ0) is 11.4. The normalized spacial score (nSPS) is 12.6. The predicted octanol–water partition coefficient (Wildman–Crippen LogP) is 2.83. The lowest BCUT2D eigenvalue weighted by Crippen LogP contribution is -2.30. The van der Waals surface area contributed by atoms with E-state index in [1.807, 2.05) is 32.9 Å². The fraction of sp³-hybridized carbons (Fsp3) is 0.462. The molecule has 1 aromatic carbocycles. The van der Waals surface area contributed by atoms with Crippen LogP contribution in [0.15, 0.2) is 24.3 Å². The van der Waals surface area contributed by atoms with Crippen LogP contribution in [-0.4, -0.2) is 5.91 Å². The third-order valence-electron chi connectivity index (χ3n) is 2.54. The van der Waals surface area contributed by atoms with Crippen LogP contribution in [0.2, 0.25) is 0 Å². The second-order valence-electron chi connectivity index (χ2n) is 4.24. The van der Waals surface area contributed by atoms with Crippen LogP contribution in [-0.2, 0) is 4.79 Å². The van der Waals surface area contributed by atoms with Crippen molar-refractivity contribution in [3.63, 3.8) is 0 Å². The van der Waals surface area contributed by atoms with Gasteiger partial charge in [0.25, 0.3) is 0 Å². The molecule has 0 radical (unpaired) electrons. The van der Waals surface area contributed by atoms with E-state index in [0.717, 1.165) is 0 Å². The van der Waals surface area contributed by atoms with Crippen molar-refractivity contribution in [1.82, 2.24) is 5.32 Å². The molecule has 0 heterocycles. The highest BCUT2D eigenvalue weighted by molar-refractivity contribution is 5.78. The number of nitrogens with one attached hydrogen (secondary N) is 1. The molecule has 0 aromatic heterocycles. The molecule has 0 saturated heterocycles. The van der Waals surface area contributed by atoms with Crippen LogP contribution in [0.3, 0.4) is 0 Å². The maximum atomic E-state index is 11.5. The van der Waals surface area contributed by atoms with E-state index in [4.69, 9.17) is 0 Å². The summed E-state index contributed by atoms with van der Waals surface area (Å²) in [5, 5.41) is 3.00. The minimum Gasteiger partial charge on any atom is -0.349 e. The van der Waals surface area contributed by atoms with Gasteiger partial charge in [0.1, 0.15) is 0 Å². The fourth-order valence-corrected chi connectivity index (χ4v) is 1.53. The van der Waals surface area contributed by atoms with E-state index < -0.39 is 0 Å². The average Bonchev–Trinajstić information content (AvgIpc) is 2.18. The van der Waals surface area contributed by atoms with Crippen molar-refractivity contribution in [3.05, 3.63) is 35.4 Å². The maximum absolute atomic E-state index is 11.5. The molecule has 1 unspecified atom stereocenters. The molecule has 0 spiro atoms. The highest BCUT2D eigenvalue weighted by atomic mass is 16.1. The van der Waals surface area contributed by atoms with E-state index in [1.54, 1.807) is 0 Å². The Morgan fingerprint density at radius 3 is 2.33 bits per heavy atom. The van der Waals surface area contributed by atoms with Crippen LogP contribution in [0.25, 0.3) is 0 Å². The molecule has 0 saturated carbocycles. The van der Waals surface area contributed by atoms with E-state index in [0.29, 0.717) is 0 Å². The summed E-state index contributed by atoms with van der Waals surface area (Å²) in [7, 11) is 0. The van der Waals surface area contributed by atoms with Gasteiger partial charge in [0.05, 0.1) is 6.04 Å². The third-order valence-corrected chi connectivity index (χ3v) is 2.54. The van der Waals surface area contributed by atoms with E-state index in [1.165, 1.54) is 11.1 Å². The summed E-state index contributed by atoms with van der Waals surface area (Å²) >= 11 is 0. The van der Waals surface area contributed by atoms with Gasteiger partial charge in [-0.05, 0) is 25.0 Å². The van der Waals surface area contributed by atoms with Gasteiger partial charge in [-0.2, -0.15) is 0 Å². The number of carbonyl (C=O) groups excluding carboxylic acids is 1. The Morgan fingerprint density at radius 1 is 1.20 bits per heavy atom. The zero-order valence-corrected chi connectivity index (χ0v) is 9.87. The molecule has 0 aliphatic rings. The first-order valence-corrected chi connectivity index (χ1v) is 5.38. The predicted molar refractivity (Wildman–Crippen MR) is 62.6 cm³/mol. The molecule has 82 valence electrons. The Morgan fingerprint density at radius 2 is 1.80 bits per heavy atom. The molecule has 0 aliphatic heterocycles. The van der Waals surface area contributed by atoms with Gasteiger partial charge in [0.15, 0.2) is 0 Å². The van der Waals surface area contributed by atoms with E-state index in [9.17, 15) is 4.79 Å². The zero-order valence-electron chi connectivity index (χ0n) is 9.87. The fourth-order valence-electron chi connectivity index (χ4n) is 1.53. The van der Waals surface area contributed by atoms with Gasteiger partial charge in [-0.25, -0.2) is 0 Å². The first-order chi connectivity index (χ1) is 7.02. The van der Waals surface area contributed by atoms with Crippen LogP contribution in [0.4, 0.5) is 0 Å². The van der Waals surface area contributed by atoms with Crippen molar-refractivity contribution in [1.29, 1.82) is 0 Å². The van der Waals surface area contributed by atoms with Gasteiger partial charge in [-0.1, -0.05) is 38.1 Å². The molecule has 0 aliphatic carbocycles. The Labute approximate surface area is 91.7 Å². The molecule has 0 bridgehead atoms. The summed E-state index contributed by atoms with van der Waals surface area (Å²) in [4.78, 5) is 11.5. The lowest BCUT2D eigenvalue weighted by atomic mass is 10.0. The summed E-state index contributed by atoms with van der Waals surface area (Å²) in [6, 6.07) is 8.21. The SMILES string of the molecule is Cc1ccccc1C(C)NC(=O)C(C)C. The average molecular weight is 205 g/mol. The second-order valence-corrected chi connectivity index (χ2v) is 4.24. The van der Waals surface area contributed by atoms with Crippen LogP contribution in [0, 0.1) is 12.8 Å². The number of benzene rings is 1. The number of rotatable bonds is 3. The number of amides is 1. The van der Waals surface area contributed by atoms with Crippen molar-refractivity contribution in [3.8, 4) is 0 Å². The van der Waals surface area contributed by atoms with Crippen LogP contribution < -0.4 is 5.32 Å². The van der Waals surface area contributed by atoms with Crippen molar-refractivity contribution in [2.75, 3.05) is 0 Å². The van der Waals surface area contributed by atoms with Gasteiger partial charge in [-0.3, -0.25) is 4.79 Å². The minimum atomic E-state index is 0.0384. The van der Waals surface area contributed by atoms with Crippen molar-refractivity contribution in [2.24, 2.45) is 5.92 Å². The summed E-state index contributed by atoms with van der Waals surface area (Å²) in [6.07, 6.45) is 0. The molecule has 1 N–H and O–H groups in total. The highest BCUT2D eigenvalue weighted by Crippen LogP contribution is 2.16. The highest BCUT2D eigenvalue weighted by Gasteiger charge is 2.13. The molecule has 0 fully saturated rings. The van der Waals surface area contributed by atoms with Gasteiger partial charge in [0.2, 0.25) is 5.91 Å². The van der Waals surface area contributed by atoms with Crippen molar-refractivity contribution < 1.29 is 4.79 Å². The standard InChI is InChI=1S/C13H19NO/c1-9(2)13(15)14-11(4)12-8-6-5-7-10(12)3/h5-9,11H,1-4H3,(H,14,15). The molecule has 2 heteroatoms. The van der Waals surface area contributed by atoms with E-state index in [-0.39, 0.29) is 17.9 Å². The van der Waals surface area contributed by atoms with Crippen molar-refractivity contribution in [2.45, 2.75) is 33.7 Å². The monoisotopic (exact) mass is 205 g/mol. The molecule has 1 rings (SSSR count). The Hall–Kier alpha value is -1.31. The van der Waals surface area contributed by atoms with Crippen LogP contribution in [0.5, 0.6) is 0 Å². The maximum Gasteiger partial charge on any atom is 0.223 e. The molecule has 1 amide bonds. The lowest BCUT2D eigenvalue weighted by Gasteiger charge is -2.17. The van der Waals surface area contributed by atoms with E-state index in [2.05, 4.69) is 24.4 Å². The van der Waals surface area contributed by atoms with Gasteiger partial charge in [0, 0.05) is 5.92 Å². The topological polar surface area (TPSA) is 29.1 Å². The molecule has 1 atom stereocenters. The smallest absolute Gasteiger partial charge is 0.223 e. The molecule has 15 heavy (non-hydrogen) atoms. The number of hydrogen-bond donors (Lipinski definition) is 1. The first-order valence-electron chi connectivity index (χ1n) is 5.38. The van der Waals surface area contributed by atoms with Gasteiger partial charge < -0.3 is 5.32 Å². The molecule has 1 aromatic rings. The summed E-state index contributed by atoms with van der Waals surface area (Å²) < 4.78 is 0. The van der Waals surface area contributed by atoms with E-state index >= 15 is 0 Å². The van der Waals surface area contributed by atoms with Crippen molar-refractivity contribution >= 4 is 5.91 Å². The minimum absolute atomic E-state index is 0.0384. The largest absolute Gasteiger partial charge is 0.349 e. The quantitative estimate of drug-likeness (QED) is 0.807. The van der Waals surface area contributed by atoms with Gasteiger partial charge in [-0.15, -0.1) is 0 Å². The number of aryl methyl sites for hydroxylation is 1. The molecular formula is C13H19NO. The Balaban J connectivity index is 2.73. The summed E-state index contributed by atoms with van der Waals surface area (Å²) in [6.45, 7) is 7.88. The second kappa shape index (κ2) is 4.96. The lowest BCUT2D eigenvalue weighted by molar-refractivity contribution is -0.124. The Bertz CT molecular complexity index is 344. The van der Waals surface area contributed by atoms with Gasteiger partial charge >= 0.3 is 0 Å². The first kappa shape index (κ1) is 11.8. The van der Waals surface area contributed by atoms with Crippen LogP contribution >= 0.6 is 0 Å². The number of carbonyl (C=O) groups is 1. The molecular weight excluding hydrogens is 186 g/mol. The molecule has 2 nitrogen and oxygen atoms in total. The summed E-state index contributed by atoms with van der Waals surface area (Å²) in [5.74, 6) is 0.141. The summed E-state index contributed by atoms with van der Waals surface area (Å²) in [5.41, 5.74) is 2.40. The Kier molecular flexibility index (Phi) is 3.89.